The molecule has 1 amide bonds. The lowest BCUT2D eigenvalue weighted by atomic mass is 10.2. The summed E-state index contributed by atoms with van der Waals surface area (Å²) in [5.74, 6) is -0.780. The van der Waals surface area contributed by atoms with Crippen LogP contribution in [0.25, 0.3) is 10.2 Å². The zero-order valence-corrected chi connectivity index (χ0v) is 14.3. The number of nitrogens with one attached hydrogen (secondary N) is 1. The number of nitrogens with zero attached hydrogens (tertiary/aromatic N) is 1. The van der Waals surface area contributed by atoms with Crippen LogP contribution in [0.1, 0.15) is 31.2 Å². The van der Waals surface area contributed by atoms with Crippen LogP contribution in [0.15, 0.2) is 24.3 Å². The average Bonchev–Trinajstić information content (AvgIpc) is 2.88. The van der Waals surface area contributed by atoms with Crippen molar-refractivity contribution < 1.29 is 13.2 Å². The molecule has 1 aromatic carbocycles. The zero-order valence-electron chi connectivity index (χ0n) is 12.7. The van der Waals surface area contributed by atoms with E-state index in [9.17, 15) is 13.2 Å². The molecule has 0 radical (unpaired) electrons. The monoisotopic (exact) mass is 340 g/mol. The molecule has 0 bridgehead atoms. The molecule has 0 aliphatic carbocycles. The van der Waals surface area contributed by atoms with E-state index in [4.69, 9.17) is 0 Å². The van der Waals surface area contributed by atoms with Crippen LogP contribution in [-0.2, 0) is 14.6 Å². The number of carbonyl (C=O) groups excluding carboxylic acids is 1. The van der Waals surface area contributed by atoms with E-state index < -0.39 is 21.5 Å². The largest absolute Gasteiger partial charge is 0.355 e. The summed E-state index contributed by atoms with van der Waals surface area (Å²) in [6.45, 7) is 4.14. The summed E-state index contributed by atoms with van der Waals surface area (Å²) in [5, 5.41) is 3.63. The Morgan fingerprint density at radius 2 is 2.09 bits per heavy atom. The maximum atomic E-state index is 11.7. The van der Waals surface area contributed by atoms with Gasteiger partial charge in [-0.15, -0.1) is 11.3 Å². The van der Waals surface area contributed by atoms with Gasteiger partial charge in [-0.05, 0) is 18.6 Å². The van der Waals surface area contributed by atoms with Crippen molar-refractivity contribution in [2.75, 3.05) is 18.1 Å². The quantitative estimate of drug-likeness (QED) is 0.839. The van der Waals surface area contributed by atoms with Crippen LogP contribution in [0.2, 0.25) is 0 Å². The number of benzene rings is 1. The number of rotatable bonds is 7. The topological polar surface area (TPSA) is 76.1 Å². The van der Waals surface area contributed by atoms with Crippen molar-refractivity contribution in [1.82, 2.24) is 10.3 Å². The van der Waals surface area contributed by atoms with E-state index in [0.29, 0.717) is 13.0 Å². The summed E-state index contributed by atoms with van der Waals surface area (Å²) < 4.78 is 24.3. The van der Waals surface area contributed by atoms with Gasteiger partial charge in [0.25, 0.3) is 0 Å². The molecule has 0 spiro atoms. The molecule has 1 unspecified atom stereocenters. The third kappa shape index (κ3) is 4.51. The Balaban J connectivity index is 1.92. The maximum Gasteiger partial charge on any atom is 0.235 e. The van der Waals surface area contributed by atoms with Gasteiger partial charge in [-0.3, -0.25) is 4.79 Å². The van der Waals surface area contributed by atoms with Gasteiger partial charge in [-0.1, -0.05) is 26.0 Å². The summed E-state index contributed by atoms with van der Waals surface area (Å²) >= 11 is 1.60. The van der Waals surface area contributed by atoms with Crippen molar-refractivity contribution in [3.8, 4) is 0 Å². The Labute approximate surface area is 134 Å². The van der Waals surface area contributed by atoms with Gasteiger partial charge in [0.15, 0.2) is 9.84 Å². The molecule has 1 atom stereocenters. The first kappa shape index (κ1) is 16.9. The Morgan fingerprint density at radius 1 is 1.36 bits per heavy atom. The van der Waals surface area contributed by atoms with E-state index >= 15 is 0 Å². The molecular formula is C15H20N2O3S2. The fourth-order valence-corrected chi connectivity index (χ4v) is 4.38. The van der Waals surface area contributed by atoms with Crippen molar-refractivity contribution >= 4 is 37.3 Å². The summed E-state index contributed by atoms with van der Waals surface area (Å²) in [4.78, 5) is 16.3. The van der Waals surface area contributed by atoms with Crippen molar-refractivity contribution in [2.45, 2.75) is 26.2 Å². The van der Waals surface area contributed by atoms with Gasteiger partial charge in [0, 0.05) is 12.5 Å². The highest BCUT2D eigenvalue weighted by Gasteiger charge is 2.17. The summed E-state index contributed by atoms with van der Waals surface area (Å²) in [6, 6.07) is 7.88. The van der Waals surface area contributed by atoms with Crippen LogP contribution >= 0.6 is 11.3 Å². The number of carbonyl (C=O) groups is 1. The van der Waals surface area contributed by atoms with E-state index in [1.54, 1.807) is 18.3 Å². The molecule has 2 rings (SSSR count). The van der Waals surface area contributed by atoms with Crippen molar-refractivity contribution in [3.63, 3.8) is 0 Å². The van der Waals surface area contributed by atoms with Gasteiger partial charge in [-0.2, -0.15) is 0 Å². The van der Waals surface area contributed by atoms with E-state index in [2.05, 4.69) is 10.3 Å². The van der Waals surface area contributed by atoms with Crippen LogP contribution in [0.4, 0.5) is 0 Å². The number of aromatic nitrogens is 1. The van der Waals surface area contributed by atoms with Gasteiger partial charge in [0.1, 0.15) is 5.75 Å². The van der Waals surface area contributed by atoms with Crippen LogP contribution < -0.4 is 5.32 Å². The van der Waals surface area contributed by atoms with Gasteiger partial charge in [0.2, 0.25) is 5.91 Å². The number of thiazole rings is 1. The predicted molar refractivity (Wildman–Crippen MR) is 90.0 cm³/mol. The molecule has 22 heavy (non-hydrogen) atoms. The molecule has 1 aromatic heterocycles. The molecule has 0 saturated carbocycles. The van der Waals surface area contributed by atoms with Crippen molar-refractivity contribution in [2.24, 2.45) is 0 Å². The van der Waals surface area contributed by atoms with Gasteiger partial charge >= 0.3 is 0 Å². The SMILES string of the molecule is CCCS(=O)(=O)CC(=O)NCC(C)c1nc2ccccc2s1. The highest BCUT2D eigenvalue weighted by Crippen LogP contribution is 2.26. The number of hydrogen-bond donors (Lipinski definition) is 1. The lowest BCUT2D eigenvalue weighted by molar-refractivity contribution is -0.118. The Kier molecular flexibility index (Phi) is 5.52. The highest BCUT2D eigenvalue weighted by atomic mass is 32.2. The Bertz CT molecular complexity index is 720. The maximum absolute atomic E-state index is 11.7. The first-order valence-electron chi connectivity index (χ1n) is 7.24. The zero-order chi connectivity index (χ0) is 16.2. The molecule has 1 N–H and O–H groups in total. The number of fused-ring (bicyclic) bond motifs is 1. The van der Waals surface area contributed by atoms with Gasteiger partial charge < -0.3 is 5.32 Å². The Hall–Kier alpha value is -1.47. The van der Waals surface area contributed by atoms with Crippen molar-refractivity contribution in [3.05, 3.63) is 29.3 Å². The third-order valence-corrected chi connectivity index (χ3v) is 6.20. The molecule has 1 heterocycles. The molecular weight excluding hydrogens is 320 g/mol. The molecule has 120 valence electrons. The second kappa shape index (κ2) is 7.19. The van der Waals surface area contributed by atoms with Crippen LogP contribution in [0.5, 0.6) is 0 Å². The minimum Gasteiger partial charge on any atom is -0.355 e. The summed E-state index contributed by atoms with van der Waals surface area (Å²) in [5.41, 5.74) is 0.950. The Morgan fingerprint density at radius 3 is 2.77 bits per heavy atom. The van der Waals surface area contributed by atoms with Crippen LogP contribution in [0.3, 0.4) is 0 Å². The van der Waals surface area contributed by atoms with Gasteiger partial charge in [0.05, 0.1) is 21.0 Å². The number of sulfone groups is 1. The third-order valence-electron chi connectivity index (χ3n) is 3.20. The lowest BCUT2D eigenvalue weighted by Gasteiger charge is -2.10. The number of para-hydroxylation sites is 1. The van der Waals surface area contributed by atoms with Crippen LogP contribution in [-0.4, -0.2) is 37.4 Å². The minimum absolute atomic E-state index is 0.0494. The highest BCUT2D eigenvalue weighted by molar-refractivity contribution is 7.92. The predicted octanol–water partition coefficient (Wildman–Crippen LogP) is 2.34. The second-order valence-corrected chi connectivity index (χ2v) is 8.56. The van der Waals surface area contributed by atoms with E-state index in [0.717, 1.165) is 15.2 Å². The molecule has 5 nitrogen and oxygen atoms in total. The molecule has 7 heteroatoms. The van der Waals surface area contributed by atoms with E-state index in [1.807, 2.05) is 31.2 Å². The molecule has 2 aromatic rings. The molecule has 0 saturated heterocycles. The minimum atomic E-state index is -3.29. The molecule has 0 aliphatic heterocycles. The number of amides is 1. The molecule has 0 fully saturated rings. The summed E-state index contributed by atoms with van der Waals surface area (Å²) in [6.07, 6.45) is 0.526. The van der Waals surface area contributed by atoms with E-state index in [-0.39, 0.29) is 11.7 Å². The second-order valence-electron chi connectivity index (χ2n) is 5.32. The smallest absolute Gasteiger partial charge is 0.235 e. The van der Waals surface area contributed by atoms with Crippen LogP contribution in [0, 0.1) is 0 Å². The first-order chi connectivity index (χ1) is 10.4. The standard InChI is InChI=1S/C15H20N2O3S2/c1-3-8-22(19,20)10-14(18)16-9-11(2)15-17-12-6-4-5-7-13(12)21-15/h4-7,11H,3,8-10H2,1-2H3,(H,16,18). The van der Waals surface area contributed by atoms with Gasteiger partial charge in [-0.25, -0.2) is 13.4 Å². The molecule has 0 aliphatic rings. The first-order valence-corrected chi connectivity index (χ1v) is 9.87. The van der Waals surface area contributed by atoms with E-state index in [1.165, 1.54) is 0 Å². The number of hydrogen-bond acceptors (Lipinski definition) is 5. The summed E-state index contributed by atoms with van der Waals surface area (Å²) in [7, 11) is -3.29. The fraction of sp³-hybridized carbons (Fsp3) is 0.467. The van der Waals surface area contributed by atoms with Crippen molar-refractivity contribution in [1.29, 1.82) is 0 Å². The normalized spacial score (nSPS) is 13.2. The fourth-order valence-electron chi connectivity index (χ4n) is 2.09. The lowest BCUT2D eigenvalue weighted by Crippen LogP contribution is -2.33. The average molecular weight is 340 g/mol.